The largest absolute Gasteiger partial charge is 0.455 e. The molecule has 0 radical (unpaired) electrons. The molecule has 0 amide bonds. The third kappa shape index (κ3) is 5.72. The predicted molar refractivity (Wildman–Crippen MR) is 233 cm³/mol. The molecule has 11 rings (SSSR count). The van der Waals surface area contributed by atoms with E-state index in [0.717, 1.165) is 88.4 Å². The van der Waals surface area contributed by atoms with Gasteiger partial charge in [-0.3, -0.25) is 0 Å². The molecule has 5 heteroatoms. The molecule has 57 heavy (non-hydrogen) atoms. The lowest BCUT2D eigenvalue weighted by Crippen LogP contribution is -2.00. The molecule has 0 saturated carbocycles. The average molecular weight is 729 g/mol. The maximum absolute atomic E-state index is 6.96. The van der Waals surface area contributed by atoms with E-state index in [4.69, 9.17) is 24.4 Å². The van der Waals surface area contributed by atoms with Crippen LogP contribution in [-0.4, -0.2) is 19.9 Å². The quantitative estimate of drug-likeness (QED) is 0.160. The molecule has 3 heterocycles. The summed E-state index contributed by atoms with van der Waals surface area (Å²) in [6.07, 6.45) is 0. The molecule has 0 aliphatic rings. The zero-order chi connectivity index (χ0) is 37.7. The van der Waals surface area contributed by atoms with Crippen LogP contribution in [0.3, 0.4) is 0 Å². The zero-order valence-electron chi connectivity index (χ0n) is 30.7. The fourth-order valence-electron chi connectivity index (χ4n) is 7.96. The SMILES string of the molecule is c1ccc(-c2nc(-c3ccccc3)nc(-c3ccc(-c4cc(-c5nc6ccccc6c6ccccc56)cc5c4oc4c(-c6ccccc6)cccc45)cc3)n2)cc1. The fourth-order valence-corrected chi connectivity index (χ4v) is 7.96. The third-order valence-corrected chi connectivity index (χ3v) is 10.7. The molecule has 5 nitrogen and oxygen atoms in total. The highest BCUT2D eigenvalue weighted by Crippen LogP contribution is 2.44. The van der Waals surface area contributed by atoms with Gasteiger partial charge >= 0.3 is 0 Å². The summed E-state index contributed by atoms with van der Waals surface area (Å²) < 4.78 is 6.96. The van der Waals surface area contributed by atoms with Gasteiger partial charge in [0.15, 0.2) is 17.5 Å². The molecular formula is C52H32N4O. The summed E-state index contributed by atoms with van der Waals surface area (Å²) in [7, 11) is 0. The molecule has 266 valence electrons. The lowest BCUT2D eigenvalue weighted by molar-refractivity contribution is 0.671. The van der Waals surface area contributed by atoms with Crippen molar-refractivity contribution >= 4 is 43.6 Å². The Morgan fingerprint density at radius 1 is 0.281 bits per heavy atom. The molecule has 0 fully saturated rings. The van der Waals surface area contributed by atoms with Gasteiger partial charge in [-0.15, -0.1) is 0 Å². The van der Waals surface area contributed by atoms with Gasteiger partial charge in [0, 0.05) is 54.9 Å². The van der Waals surface area contributed by atoms with Crippen molar-refractivity contribution in [3.05, 3.63) is 194 Å². The predicted octanol–water partition coefficient (Wildman–Crippen LogP) is 13.5. The van der Waals surface area contributed by atoms with Crippen molar-refractivity contribution in [2.75, 3.05) is 0 Å². The number of nitrogens with zero attached hydrogens (tertiary/aromatic N) is 4. The van der Waals surface area contributed by atoms with E-state index >= 15 is 0 Å². The minimum absolute atomic E-state index is 0.608. The first-order valence-electron chi connectivity index (χ1n) is 19.1. The number of benzene rings is 8. The number of hydrogen-bond donors (Lipinski definition) is 0. The van der Waals surface area contributed by atoms with E-state index in [1.165, 1.54) is 5.39 Å². The second-order valence-corrected chi connectivity index (χ2v) is 14.2. The van der Waals surface area contributed by atoms with Crippen LogP contribution < -0.4 is 0 Å². The Morgan fingerprint density at radius 2 is 0.754 bits per heavy atom. The zero-order valence-corrected chi connectivity index (χ0v) is 30.7. The molecule has 0 saturated heterocycles. The number of fused-ring (bicyclic) bond motifs is 6. The highest BCUT2D eigenvalue weighted by atomic mass is 16.3. The smallest absolute Gasteiger partial charge is 0.164 e. The number of rotatable bonds is 6. The molecule has 0 atom stereocenters. The maximum Gasteiger partial charge on any atom is 0.164 e. The first-order valence-corrected chi connectivity index (χ1v) is 19.1. The van der Waals surface area contributed by atoms with Gasteiger partial charge < -0.3 is 4.42 Å². The van der Waals surface area contributed by atoms with Gasteiger partial charge in [0.2, 0.25) is 0 Å². The van der Waals surface area contributed by atoms with Gasteiger partial charge in [-0.1, -0.05) is 176 Å². The van der Waals surface area contributed by atoms with E-state index in [-0.39, 0.29) is 0 Å². The summed E-state index contributed by atoms with van der Waals surface area (Å²) in [4.78, 5) is 20.2. The highest BCUT2D eigenvalue weighted by molar-refractivity contribution is 6.16. The summed E-state index contributed by atoms with van der Waals surface area (Å²) in [5.74, 6) is 1.87. The standard InChI is InChI=1S/C52H32N4O/c1-4-15-33(16-5-1)39-24-14-25-43-45-32-38(47-42-23-11-10-21-40(42)41-22-12-13-26-46(41)53-47)31-44(49(45)57-48(39)43)34-27-29-37(30-28-34)52-55-50(35-17-6-2-7-18-35)54-51(56-52)36-19-8-3-9-20-36/h1-32H. The van der Waals surface area contributed by atoms with E-state index < -0.39 is 0 Å². The minimum Gasteiger partial charge on any atom is -0.455 e. The molecule has 3 aromatic heterocycles. The molecule has 0 unspecified atom stereocenters. The summed E-state index contributed by atoms with van der Waals surface area (Å²) >= 11 is 0. The maximum atomic E-state index is 6.96. The van der Waals surface area contributed by atoms with Gasteiger partial charge in [-0.25, -0.2) is 19.9 Å². The molecule has 0 N–H and O–H groups in total. The third-order valence-electron chi connectivity index (χ3n) is 10.7. The minimum atomic E-state index is 0.608. The molecule has 0 spiro atoms. The number of aromatic nitrogens is 4. The van der Waals surface area contributed by atoms with Crippen LogP contribution in [-0.2, 0) is 0 Å². The number of pyridine rings is 1. The van der Waals surface area contributed by atoms with E-state index in [9.17, 15) is 0 Å². The van der Waals surface area contributed by atoms with Gasteiger partial charge in [0.05, 0.1) is 11.2 Å². The molecule has 0 aliphatic heterocycles. The Hall–Kier alpha value is -7.76. The van der Waals surface area contributed by atoms with Crippen LogP contribution in [0.4, 0.5) is 0 Å². The Labute approximate surface area is 328 Å². The first-order chi connectivity index (χ1) is 28.2. The lowest BCUT2D eigenvalue weighted by Gasteiger charge is -2.12. The van der Waals surface area contributed by atoms with E-state index in [0.29, 0.717) is 17.5 Å². The van der Waals surface area contributed by atoms with Crippen molar-refractivity contribution in [3.8, 4) is 67.7 Å². The van der Waals surface area contributed by atoms with Crippen molar-refractivity contribution in [2.45, 2.75) is 0 Å². The monoisotopic (exact) mass is 728 g/mol. The van der Waals surface area contributed by atoms with E-state index in [2.05, 4.69) is 127 Å². The van der Waals surface area contributed by atoms with Crippen molar-refractivity contribution < 1.29 is 4.42 Å². The summed E-state index contributed by atoms with van der Waals surface area (Å²) in [5.41, 5.74) is 11.5. The number of para-hydroxylation sites is 2. The van der Waals surface area contributed by atoms with Crippen LogP contribution in [0, 0.1) is 0 Å². The van der Waals surface area contributed by atoms with Gasteiger partial charge in [0.1, 0.15) is 11.2 Å². The molecule has 0 bridgehead atoms. The fraction of sp³-hybridized carbons (Fsp3) is 0. The van der Waals surface area contributed by atoms with Crippen molar-refractivity contribution in [1.82, 2.24) is 19.9 Å². The van der Waals surface area contributed by atoms with E-state index in [1.807, 2.05) is 66.7 Å². The molecule has 0 aliphatic carbocycles. The lowest BCUT2D eigenvalue weighted by atomic mass is 9.94. The Kier molecular flexibility index (Phi) is 7.74. The van der Waals surface area contributed by atoms with E-state index in [1.54, 1.807) is 0 Å². The first kappa shape index (κ1) is 32.7. The number of furan rings is 1. The normalized spacial score (nSPS) is 11.5. The summed E-state index contributed by atoms with van der Waals surface area (Å²) in [6, 6.07) is 66.8. The van der Waals surface area contributed by atoms with Crippen molar-refractivity contribution in [3.63, 3.8) is 0 Å². The van der Waals surface area contributed by atoms with Crippen LogP contribution in [0.5, 0.6) is 0 Å². The number of hydrogen-bond acceptors (Lipinski definition) is 5. The van der Waals surface area contributed by atoms with Crippen molar-refractivity contribution in [1.29, 1.82) is 0 Å². The van der Waals surface area contributed by atoms with Crippen LogP contribution >= 0.6 is 0 Å². The Bertz CT molecular complexity index is 3210. The Balaban J connectivity index is 1.12. The summed E-state index contributed by atoms with van der Waals surface area (Å²) in [6.45, 7) is 0. The van der Waals surface area contributed by atoms with Gasteiger partial charge in [-0.05, 0) is 34.7 Å². The molecule has 8 aromatic carbocycles. The highest BCUT2D eigenvalue weighted by Gasteiger charge is 2.20. The van der Waals surface area contributed by atoms with Crippen LogP contribution in [0.25, 0.3) is 111 Å². The second-order valence-electron chi connectivity index (χ2n) is 14.2. The van der Waals surface area contributed by atoms with Crippen LogP contribution in [0.15, 0.2) is 199 Å². The van der Waals surface area contributed by atoms with Gasteiger partial charge in [-0.2, -0.15) is 0 Å². The molecular weight excluding hydrogens is 697 g/mol. The topological polar surface area (TPSA) is 64.7 Å². The van der Waals surface area contributed by atoms with Gasteiger partial charge in [0.25, 0.3) is 0 Å². The average Bonchev–Trinajstić information content (AvgIpc) is 3.68. The Morgan fingerprint density at radius 3 is 1.40 bits per heavy atom. The molecule has 11 aromatic rings. The van der Waals surface area contributed by atoms with Crippen LogP contribution in [0.2, 0.25) is 0 Å². The van der Waals surface area contributed by atoms with Crippen molar-refractivity contribution in [2.24, 2.45) is 0 Å². The van der Waals surface area contributed by atoms with Crippen LogP contribution in [0.1, 0.15) is 0 Å². The summed E-state index contributed by atoms with van der Waals surface area (Å²) in [5, 5.41) is 5.51. The second kappa shape index (κ2) is 13.5.